The van der Waals surface area contributed by atoms with Crippen molar-refractivity contribution in [3.05, 3.63) is 30.1 Å². The fourth-order valence-corrected chi connectivity index (χ4v) is 3.33. The molecule has 3 atom stereocenters. The van der Waals surface area contributed by atoms with Crippen LogP contribution in [0.5, 0.6) is 0 Å². The van der Waals surface area contributed by atoms with E-state index in [-0.39, 0.29) is 24.2 Å². The third kappa shape index (κ3) is 6.37. The average molecular weight is 421 g/mol. The highest BCUT2D eigenvalue weighted by Crippen LogP contribution is 2.25. The highest BCUT2D eigenvalue weighted by molar-refractivity contribution is 5.92. The number of carbonyl (C=O) groups is 3. The second-order valence-electron chi connectivity index (χ2n) is 6.89. The maximum atomic E-state index is 12.6. The van der Waals surface area contributed by atoms with Gasteiger partial charge in [-0.1, -0.05) is 6.92 Å². The van der Waals surface area contributed by atoms with Crippen LogP contribution in [0.2, 0.25) is 0 Å². The van der Waals surface area contributed by atoms with E-state index in [1.165, 1.54) is 6.20 Å². The summed E-state index contributed by atoms with van der Waals surface area (Å²) >= 11 is 0. The van der Waals surface area contributed by atoms with Crippen LogP contribution in [0.3, 0.4) is 0 Å². The van der Waals surface area contributed by atoms with E-state index in [0.29, 0.717) is 37.3 Å². The molecule has 2 aromatic rings. The predicted molar refractivity (Wildman–Crippen MR) is 104 cm³/mol. The van der Waals surface area contributed by atoms with Crippen LogP contribution < -0.4 is 10.6 Å². The molecule has 0 unspecified atom stereocenters. The third-order valence-corrected chi connectivity index (χ3v) is 4.83. The van der Waals surface area contributed by atoms with Crippen molar-refractivity contribution in [2.75, 3.05) is 0 Å². The number of H-pyrrole nitrogens is 1. The molecule has 12 heteroatoms. The molecule has 1 aliphatic rings. The number of aryl methyl sites for hydroxylation is 1. The van der Waals surface area contributed by atoms with E-state index < -0.39 is 12.1 Å². The fourth-order valence-electron chi connectivity index (χ4n) is 3.33. The summed E-state index contributed by atoms with van der Waals surface area (Å²) in [6.07, 6.45) is 4.84. The van der Waals surface area contributed by atoms with Crippen LogP contribution in [0.1, 0.15) is 48.9 Å². The number of amides is 2. The van der Waals surface area contributed by atoms with Gasteiger partial charge in [0.25, 0.3) is 12.4 Å². The fraction of sp³-hybridized carbons (Fsp3) is 0.556. The number of aliphatic hydroxyl groups is 1. The van der Waals surface area contributed by atoms with E-state index in [1.807, 2.05) is 4.57 Å². The van der Waals surface area contributed by atoms with Crippen molar-refractivity contribution >= 4 is 18.3 Å². The summed E-state index contributed by atoms with van der Waals surface area (Å²) in [7, 11) is 0. The Morgan fingerprint density at radius 1 is 1.40 bits per heavy atom. The first-order chi connectivity index (χ1) is 14.5. The highest BCUT2D eigenvalue weighted by Gasteiger charge is 2.34. The first-order valence-electron chi connectivity index (χ1n) is 9.70. The molecular weight excluding hydrogens is 394 g/mol. The summed E-state index contributed by atoms with van der Waals surface area (Å²) in [4.78, 5) is 33.1. The van der Waals surface area contributed by atoms with Gasteiger partial charge in [-0.2, -0.15) is 5.10 Å². The number of aromatic nitrogens is 5. The summed E-state index contributed by atoms with van der Waals surface area (Å²) in [6.45, 7) is 2.92. The smallest absolute Gasteiger partial charge is 0.290 e. The lowest BCUT2D eigenvalue weighted by molar-refractivity contribution is -0.127. The second kappa shape index (κ2) is 11.7. The van der Waals surface area contributed by atoms with Gasteiger partial charge in [0.05, 0.1) is 18.7 Å². The summed E-state index contributed by atoms with van der Waals surface area (Å²) < 4.78 is 1.92. The molecule has 2 heterocycles. The summed E-state index contributed by atoms with van der Waals surface area (Å²) in [6, 6.07) is 1.08. The monoisotopic (exact) mass is 421 g/mol. The number of aromatic amines is 1. The lowest BCUT2D eigenvalue weighted by Crippen LogP contribution is -2.49. The zero-order valence-electron chi connectivity index (χ0n) is 16.7. The standard InChI is InChI=1S/C17H25N7O3.CH2O2/c1-2-7-24-10-20-23-15(24)9-18-16(26)11-3-4-14(25)13(8-11)21-17(27)12-5-6-19-22-12;2-1-3/h5-6,10-11,13-14,25H,2-4,7-9H2,1H3,(H,18,26)(H,19,22)(H,21,27);1H,(H,2,3)/t11-,13+,14+;/m0./s1. The van der Waals surface area contributed by atoms with Crippen molar-refractivity contribution in [2.45, 2.75) is 57.8 Å². The van der Waals surface area contributed by atoms with Crippen LogP contribution in [0.25, 0.3) is 0 Å². The van der Waals surface area contributed by atoms with Crippen molar-refractivity contribution < 1.29 is 24.6 Å². The number of nitrogens with zero attached hydrogens (tertiary/aromatic N) is 4. The van der Waals surface area contributed by atoms with Gasteiger partial charge in [-0.3, -0.25) is 19.5 Å². The van der Waals surface area contributed by atoms with Crippen molar-refractivity contribution in [2.24, 2.45) is 5.92 Å². The summed E-state index contributed by atoms with van der Waals surface area (Å²) in [5, 5.41) is 37.0. The van der Waals surface area contributed by atoms with Gasteiger partial charge in [0, 0.05) is 18.7 Å². The summed E-state index contributed by atoms with van der Waals surface area (Å²) in [5.74, 6) is -0.00725. The normalized spacial score (nSPS) is 20.5. The Morgan fingerprint density at radius 3 is 2.83 bits per heavy atom. The van der Waals surface area contributed by atoms with E-state index in [1.54, 1.807) is 12.4 Å². The van der Waals surface area contributed by atoms with Crippen molar-refractivity contribution in [3.8, 4) is 0 Å². The second-order valence-corrected chi connectivity index (χ2v) is 6.89. The maximum absolute atomic E-state index is 12.6. The molecule has 164 valence electrons. The van der Waals surface area contributed by atoms with Gasteiger partial charge in [0.15, 0.2) is 5.82 Å². The topological polar surface area (TPSA) is 175 Å². The van der Waals surface area contributed by atoms with E-state index in [9.17, 15) is 14.7 Å². The Hall–Kier alpha value is -3.28. The molecule has 1 saturated carbocycles. The molecule has 0 spiro atoms. The van der Waals surface area contributed by atoms with Gasteiger partial charge in [0.2, 0.25) is 5.91 Å². The highest BCUT2D eigenvalue weighted by atomic mass is 16.3. The number of aliphatic hydroxyl groups excluding tert-OH is 1. The third-order valence-electron chi connectivity index (χ3n) is 4.83. The van der Waals surface area contributed by atoms with Crippen molar-refractivity contribution in [1.29, 1.82) is 0 Å². The zero-order chi connectivity index (χ0) is 21.9. The minimum Gasteiger partial charge on any atom is -0.483 e. The average Bonchev–Trinajstić information content (AvgIpc) is 3.41. The molecule has 2 aromatic heterocycles. The summed E-state index contributed by atoms with van der Waals surface area (Å²) in [5.41, 5.74) is 0.323. The van der Waals surface area contributed by atoms with Crippen molar-refractivity contribution in [3.63, 3.8) is 0 Å². The number of nitrogens with one attached hydrogen (secondary N) is 3. The Morgan fingerprint density at radius 2 is 2.17 bits per heavy atom. The van der Waals surface area contributed by atoms with Crippen LogP contribution >= 0.6 is 0 Å². The molecule has 2 amide bonds. The molecule has 0 aliphatic heterocycles. The Kier molecular flexibility index (Phi) is 8.94. The van der Waals surface area contributed by atoms with Gasteiger partial charge < -0.3 is 25.4 Å². The lowest BCUT2D eigenvalue weighted by Gasteiger charge is -2.33. The molecule has 12 nitrogen and oxygen atoms in total. The number of hydrogen-bond donors (Lipinski definition) is 5. The largest absolute Gasteiger partial charge is 0.483 e. The Bertz CT molecular complexity index is 808. The van der Waals surface area contributed by atoms with E-state index >= 15 is 0 Å². The number of carboxylic acid groups (broad SMARTS) is 1. The lowest BCUT2D eigenvalue weighted by atomic mass is 9.83. The number of hydrogen-bond acceptors (Lipinski definition) is 7. The number of carbonyl (C=O) groups excluding carboxylic acids is 2. The van der Waals surface area contributed by atoms with Crippen molar-refractivity contribution in [1.82, 2.24) is 35.6 Å². The molecule has 3 rings (SSSR count). The molecule has 30 heavy (non-hydrogen) atoms. The molecule has 0 radical (unpaired) electrons. The minimum atomic E-state index is -0.673. The molecule has 0 saturated heterocycles. The first-order valence-corrected chi connectivity index (χ1v) is 9.70. The van der Waals surface area contributed by atoms with Gasteiger partial charge in [0.1, 0.15) is 12.0 Å². The van der Waals surface area contributed by atoms with Gasteiger partial charge in [-0.25, -0.2) is 0 Å². The van der Waals surface area contributed by atoms with Crippen LogP contribution in [-0.4, -0.2) is 65.6 Å². The molecule has 0 bridgehead atoms. The quantitative estimate of drug-likeness (QED) is 0.378. The Balaban J connectivity index is 0.00000101. The molecule has 5 N–H and O–H groups in total. The molecule has 0 aromatic carbocycles. The van der Waals surface area contributed by atoms with E-state index in [0.717, 1.165) is 13.0 Å². The predicted octanol–water partition coefficient (Wildman–Crippen LogP) is -0.312. The van der Waals surface area contributed by atoms with Crippen LogP contribution in [-0.2, 0) is 22.7 Å². The molecule has 1 aliphatic carbocycles. The van der Waals surface area contributed by atoms with Crippen LogP contribution in [0.4, 0.5) is 0 Å². The molecule has 1 fully saturated rings. The van der Waals surface area contributed by atoms with Gasteiger partial charge in [-0.15, -0.1) is 10.2 Å². The first kappa shape index (κ1) is 23.0. The van der Waals surface area contributed by atoms with Crippen LogP contribution in [0, 0.1) is 5.92 Å². The van der Waals surface area contributed by atoms with E-state index in [4.69, 9.17) is 9.90 Å². The minimum absolute atomic E-state index is 0.103. The van der Waals surface area contributed by atoms with Gasteiger partial charge in [-0.05, 0) is 31.7 Å². The van der Waals surface area contributed by atoms with Gasteiger partial charge >= 0.3 is 0 Å². The molecular formula is C18H27N7O5. The van der Waals surface area contributed by atoms with E-state index in [2.05, 4.69) is 38.0 Å². The van der Waals surface area contributed by atoms with Crippen LogP contribution in [0.15, 0.2) is 18.6 Å². The number of rotatable bonds is 7. The zero-order valence-corrected chi connectivity index (χ0v) is 16.7. The Labute approximate surface area is 173 Å². The maximum Gasteiger partial charge on any atom is 0.290 e. The SMILES string of the molecule is CCCn1cnnc1CNC(=O)[C@H]1CC[C@@H](O)[C@H](NC(=O)c2ccn[nH]2)C1.O=CO.